The first kappa shape index (κ1) is 14.9. The second-order valence-corrected chi connectivity index (χ2v) is 5.91. The number of thiophene rings is 1. The highest BCUT2D eigenvalue weighted by Crippen LogP contribution is 2.27. The summed E-state index contributed by atoms with van der Waals surface area (Å²) in [6.45, 7) is 6.94. The number of nitrogens with one attached hydrogen (secondary N) is 2. The van der Waals surface area contributed by atoms with Gasteiger partial charge in [0, 0.05) is 45.3 Å². The fourth-order valence-electron chi connectivity index (χ4n) is 2.12. The zero-order valence-corrected chi connectivity index (χ0v) is 12.2. The van der Waals surface area contributed by atoms with Gasteiger partial charge in [-0.1, -0.05) is 0 Å². The number of nitro groups is 1. The molecule has 1 fully saturated rings. The lowest BCUT2D eigenvalue weighted by Crippen LogP contribution is -2.46. The summed E-state index contributed by atoms with van der Waals surface area (Å²) in [4.78, 5) is 25.4. The average Bonchev–Trinajstić information content (AvgIpc) is 2.82. The van der Waals surface area contributed by atoms with Gasteiger partial charge in [0.1, 0.15) is 0 Å². The summed E-state index contributed by atoms with van der Waals surface area (Å²) in [5.41, 5.74) is 0.0160. The fourth-order valence-corrected chi connectivity index (χ4v) is 3.02. The molecule has 0 unspecified atom stereocenters. The zero-order valence-electron chi connectivity index (χ0n) is 11.3. The summed E-state index contributed by atoms with van der Waals surface area (Å²) in [7, 11) is 0. The Kier molecular flexibility index (Phi) is 5.05. The summed E-state index contributed by atoms with van der Waals surface area (Å²) in [6.07, 6.45) is 0. The van der Waals surface area contributed by atoms with Crippen molar-refractivity contribution in [1.29, 1.82) is 0 Å². The molecular formula is C12H18N4O3S. The lowest BCUT2D eigenvalue weighted by molar-refractivity contribution is -0.385. The van der Waals surface area contributed by atoms with Gasteiger partial charge in [0.25, 0.3) is 11.6 Å². The number of piperazine rings is 1. The van der Waals surface area contributed by atoms with Crippen molar-refractivity contribution in [3.63, 3.8) is 0 Å². The number of amides is 1. The van der Waals surface area contributed by atoms with Crippen LogP contribution in [0, 0.1) is 17.0 Å². The first-order valence-electron chi connectivity index (χ1n) is 6.54. The number of carbonyl (C=O) groups excluding carboxylic acids is 1. The van der Waals surface area contributed by atoms with E-state index >= 15 is 0 Å². The van der Waals surface area contributed by atoms with Crippen LogP contribution >= 0.6 is 11.3 Å². The Hall–Kier alpha value is -1.51. The van der Waals surface area contributed by atoms with Crippen LogP contribution in [-0.4, -0.2) is 55.0 Å². The van der Waals surface area contributed by atoms with Gasteiger partial charge in [-0.3, -0.25) is 19.8 Å². The van der Waals surface area contributed by atoms with Gasteiger partial charge in [-0.25, -0.2) is 0 Å². The fraction of sp³-hybridized carbons (Fsp3) is 0.583. The monoisotopic (exact) mass is 298 g/mol. The molecule has 1 saturated heterocycles. The molecular weight excluding hydrogens is 280 g/mol. The molecule has 0 spiro atoms. The van der Waals surface area contributed by atoms with E-state index in [-0.39, 0.29) is 11.6 Å². The van der Waals surface area contributed by atoms with Gasteiger partial charge < -0.3 is 10.6 Å². The Labute approximate surface area is 121 Å². The standard InChI is InChI=1S/C12H18N4O3S/c1-9-10(16(18)19)8-11(20-9)12(17)14-4-7-15-5-2-13-3-6-15/h8,13H,2-7H2,1H3,(H,14,17). The Morgan fingerprint density at radius 3 is 2.85 bits per heavy atom. The summed E-state index contributed by atoms with van der Waals surface area (Å²) in [5, 5.41) is 16.8. The summed E-state index contributed by atoms with van der Waals surface area (Å²) >= 11 is 1.16. The van der Waals surface area contributed by atoms with Gasteiger partial charge in [0.15, 0.2) is 0 Å². The number of rotatable bonds is 5. The molecule has 0 atom stereocenters. The number of nitrogens with zero attached hydrogens (tertiary/aromatic N) is 2. The van der Waals surface area contributed by atoms with E-state index in [9.17, 15) is 14.9 Å². The zero-order chi connectivity index (χ0) is 14.5. The van der Waals surface area contributed by atoms with Gasteiger partial charge in [-0.15, -0.1) is 11.3 Å². The van der Waals surface area contributed by atoms with Crippen molar-refractivity contribution < 1.29 is 9.72 Å². The van der Waals surface area contributed by atoms with Gasteiger partial charge in [-0.2, -0.15) is 0 Å². The topological polar surface area (TPSA) is 87.5 Å². The molecule has 0 radical (unpaired) electrons. The number of carbonyl (C=O) groups is 1. The van der Waals surface area contributed by atoms with Crippen LogP contribution in [0.25, 0.3) is 0 Å². The molecule has 2 heterocycles. The van der Waals surface area contributed by atoms with Crippen LogP contribution in [0.5, 0.6) is 0 Å². The van der Waals surface area contributed by atoms with Crippen molar-refractivity contribution in [3.05, 3.63) is 25.9 Å². The van der Waals surface area contributed by atoms with Crippen LogP contribution in [0.2, 0.25) is 0 Å². The van der Waals surface area contributed by atoms with E-state index in [1.165, 1.54) is 6.07 Å². The van der Waals surface area contributed by atoms with E-state index < -0.39 is 4.92 Å². The first-order valence-corrected chi connectivity index (χ1v) is 7.35. The maximum Gasteiger partial charge on any atom is 0.283 e. The Bertz CT molecular complexity index is 497. The lowest BCUT2D eigenvalue weighted by atomic mass is 10.3. The molecule has 1 aliphatic heterocycles. The third-order valence-corrected chi connectivity index (χ3v) is 4.27. The largest absolute Gasteiger partial charge is 0.350 e. The SMILES string of the molecule is Cc1sc(C(=O)NCCN2CCNCC2)cc1[N+](=O)[O-]. The van der Waals surface area contributed by atoms with Crippen molar-refractivity contribution >= 4 is 22.9 Å². The van der Waals surface area contributed by atoms with Crippen molar-refractivity contribution in [3.8, 4) is 0 Å². The number of hydrogen-bond donors (Lipinski definition) is 2. The molecule has 1 aromatic heterocycles. The predicted molar refractivity (Wildman–Crippen MR) is 77.4 cm³/mol. The molecule has 0 saturated carbocycles. The molecule has 0 bridgehead atoms. The molecule has 0 aromatic carbocycles. The van der Waals surface area contributed by atoms with Crippen molar-refractivity contribution in [2.24, 2.45) is 0 Å². The number of hydrogen-bond acceptors (Lipinski definition) is 6. The lowest BCUT2D eigenvalue weighted by Gasteiger charge is -2.26. The molecule has 7 nitrogen and oxygen atoms in total. The summed E-state index contributed by atoms with van der Waals surface area (Å²) in [5.74, 6) is -0.235. The van der Waals surface area contributed by atoms with Crippen LogP contribution in [0.3, 0.4) is 0 Å². The van der Waals surface area contributed by atoms with Gasteiger partial charge in [0.05, 0.1) is 14.7 Å². The van der Waals surface area contributed by atoms with Crippen LogP contribution in [0.15, 0.2) is 6.07 Å². The minimum atomic E-state index is -0.455. The first-order chi connectivity index (χ1) is 9.58. The number of aryl methyl sites for hydroxylation is 1. The van der Waals surface area contributed by atoms with Gasteiger partial charge >= 0.3 is 0 Å². The normalized spacial score (nSPS) is 16.1. The van der Waals surface area contributed by atoms with Crippen LogP contribution in [-0.2, 0) is 0 Å². The molecule has 1 aliphatic rings. The second kappa shape index (κ2) is 6.78. The van der Waals surface area contributed by atoms with E-state index in [2.05, 4.69) is 15.5 Å². The Balaban J connectivity index is 1.82. The highest BCUT2D eigenvalue weighted by molar-refractivity contribution is 7.14. The van der Waals surface area contributed by atoms with E-state index in [0.717, 1.165) is 44.1 Å². The van der Waals surface area contributed by atoms with E-state index in [1.54, 1.807) is 6.92 Å². The minimum absolute atomic E-state index is 0.0160. The molecule has 8 heteroatoms. The molecule has 20 heavy (non-hydrogen) atoms. The molecule has 2 rings (SSSR count). The van der Waals surface area contributed by atoms with E-state index in [0.29, 0.717) is 16.3 Å². The third-order valence-electron chi connectivity index (χ3n) is 3.24. The van der Waals surface area contributed by atoms with Crippen molar-refractivity contribution in [1.82, 2.24) is 15.5 Å². The Morgan fingerprint density at radius 2 is 2.25 bits per heavy atom. The molecule has 110 valence electrons. The Morgan fingerprint density at radius 1 is 1.55 bits per heavy atom. The van der Waals surface area contributed by atoms with Crippen LogP contribution < -0.4 is 10.6 Å². The minimum Gasteiger partial charge on any atom is -0.350 e. The molecule has 1 amide bonds. The van der Waals surface area contributed by atoms with Crippen molar-refractivity contribution in [2.45, 2.75) is 6.92 Å². The van der Waals surface area contributed by atoms with Crippen LogP contribution in [0.4, 0.5) is 5.69 Å². The van der Waals surface area contributed by atoms with Gasteiger partial charge in [0.2, 0.25) is 0 Å². The average molecular weight is 298 g/mol. The quantitative estimate of drug-likeness (QED) is 0.614. The molecule has 0 aliphatic carbocycles. The highest BCUT2D eigenvalue weighted by atomic mass is 32.1. The summed E-state index contributed by atoms with van der Waals surface area (Å²) in [6, 6.07) is 1.35. The van der Waals surface area contributed by atoms with Gasteiger partial charge in [-0.05, 0) is 6.92 Å². The van der Waals surface area contributed by atoms with Crippen molar-refractivity contribution in [2.75, 3.05) is 39.3 Å². The predicted octanol–water partition coefficient (Wildman–Crippen LogP) is 0.600. The van der Waals surface area contributed by atoms with Crippen LogP contribution in [0.1, 0.15) is 14.5 Å². The smallest absolute Gasteiger partial charge is 0.283 e. The maximum absolute atomic E-state index is 11.9. The van der Waals surface area contributed by atoms with E-state index in [4.69, 9.17) is 0 Å². The van der Waals surface area contributed by atoms with E-state index in [1.807, 2.05) is 0 Å². The second-order valence-electron chi connectivity index (χ2n) is 4.66. The summed E-state index contributed by atoms with van der Waals surface area (Å²) < 4.78 is 0. The molecule has 1 aromatic rings. The third kappa shape index (κ3) is 3.75. The molecule has 2 N–H and O–H groups in total. The highest BCUT2D eigenvalue weighted by Gasteiger charge is 2.19. The maximum atomic E-state index is 11.9.